The lowest BCUT2D eigenvalue weighted by Crippen LogP contribution is -2.32. The number of hydrogen-bond acceptors (Lipinski definition) is 6. The molecule has 0 radical (unpaired) electrons. The summed E-state index contributed by atoms with van der Waals surface area (Å²) in [6.07, 6.45) is 2.46. The van der Waals surface area contributed by atoms with E-state index in [4.69, 9.17) is 4.74 Å². The van der Waals surface area contributed by atoms with E-state index in [1.165, 1.54) is 5.56 Å². The average molecular weight is 448 g/mol. The zero-order chi connectivity index (χ0) is 22.4. The SMILES string of the molecule is CC(C)Oc1ccc(S(=O)(=O)NCCCCN2CCc3ccc([N+](=O)[O-])cc3C2)cc1. The second-order valence-corrected chi connectivity index (χ2v) is 9.75. The molecule has 0 amide bonds. The number of ether oxygens (including phenoxy) is 1. The van der Waals surface area contributed by atoms with Gasteiger partial charge >= 0.3 is 0 Å². The maximum atomic E-state index is 12.4. The summed E-state index contributed by atoms with van der Waals surface area (Å²) in [5, 5.41) is 11.0. The average Bonchev–Trinajstić information content (AvgIpc) is 2.72. The number of nitro groups is 1. The molecule has 1 aliphatic heterocycles. The molecule has 0 spiro atoms. The number of nitrogens with one attached hydrogen (secondary N) is 1. The van der Waals surface area contributed by atoms with Gasteiger partial charge in [-0.2, -0.15) is 0 Å². The minimum Gasteiger partial charge on any atom is -0.491 e. The van der Waals surface area contributed by atoms with Crippen LogP contribution in [0.25, 0.3) is 0 Å². The quantitative estimate of drug-likeness (QED) is 0.340. The van der Waals surface area contributed by atoms with Crippen molar-refractivity contribution in [2.75, 3.05) is 19.6 Å². The molecule has 2 aromatic carbocycles. The Hall–Kier alpha value is -2.49. The van der Waals surface area contributed by atoms with E-state index >= 15 is 0 Å². The van der Waals surface area contributed by atoms with Gasteiger partial charge in [-0.3, -0.25) is 15.0 Å². The molecule has 31 heavy (non-hydrogen) atoms. The smallest absolute Gasteiger partial charge is 0.269 e. The Morgan fingerprint density at radius 3 is 2.55 bits per heavy atom. The van der Waals surface area contributed by atoms with Gasteiger partial charge in [0.15, 0.2) is 0 Å². The molecular weight excluding hydrogens is 418 g/mol. The van der Waals surface area contributed by atoms with Gasteiger partial charge in [0.05, 0.1) is 15.9 Å². The van der Waals surface area contributed by atoms with Crippen LogP contribution in [0.4, 0.5) is 5.69 Å². The second-order valence-electron chi connectivity index (χ2n) is 7.98. The molecule has 0 saturated carbocycles. The highest BCUT2D eigenvalue weighted by atomic mass is 32.2. The van der Waals surface area contributed by atoms with Crippen molar-refractivity contribution < 1.29 is 18.1 Å². The van der Waals surface area contributed by atoms with E-state index in [9.17, 15) is 18.5 Å². The molecule has 9 heteroatoms. The van der Waals surface area contributed by atoms with Gasteiger partial charge in [0, 0.05) is 31.8 Å². The van der Waals surface area contributed by atoms with E-state index in [0.29, 0.717) is 25.3 Å². The number of non-ortho nitro benzene ring substituents is 1. The van der Waals surface area contributed by atoms with Crippen LogP contribution in [-0.2, 0) is 23.0 Å². The monoisotopic (exact) mass is 447 g/mol. The van der Waals surface area contributed by atoms with Crippen LogP contribution in [0.1, 0.15) is 37.8 Å². The normalized spacial score (nSPS) is 14.4. The van der Waals surface area contributed by atoms with Crippen LogP contribution in [0, 0.1) is 10.1 Å². The Bertz CT molecular complexity index is 1010. The summed E-state index contributed by atoms with van der Waals surface area (Å²) < 4.78 is 33.1. The van der Waals surface area contributed by atoms with Crippen LogP contribution in [0.5, 0.6) is 5.75 Å². The molecule has 0 fully saturated rings. The molecule has 0 atom stereocenters. The van der Waals surface area contributed by atoms with Crippen molar-refractivity contribution in [3.63, 3.8) is 0 Å². The van der Waals surface area contributed by atoms with Crippen molar-refractivity contribution in [1.29, 1.82) is 0 Å². The van der Waals surface area contributed by atoms with Crippen LogP contribution in [0.15, 0.2) is 47.4 Å². The van der Waals surface area contributed by atoms with E-state index in [1.807, 2.05) is 19.9 Å². The second kappa shape index (κ2) is 10.2. The number of sulfonamides is 1. The Morgan fingerprint density at radius 1 is 1.13 bits per heavy atom. The number of unbranched alkanes of at least 4 members (excludes halogenated alkanes) is 1. The first-order chi connectivity index (χ1) is 14.7. The third-order valence-corrected chi connectivity index (χ3v) is 6.67. The molecule has 0 aliphatic carbocycles. The number of rotatable bonds is 10. The van der Waals surface area contributed by atoms with Gasteiger partial charge in [0.1, 0.15) is 5.75 Å². The predicted octanol–water partition coefficient (Wildman–Crippen LogP) is 3.50. The first-order valence-electron chi connectivity index (χ1n) is 10.5. The van der Waals surface area contributed by atoms with Gasteiger partial charge in [-0.1, -0.05) is 6.07 Å². The highest BCUT2D eigenvalue weighted by Crippen LogP contribution is 2.24. The molecule has 1 aliphatic rings. The van der Waals surface area contributed by atoms with Gasteiger partial charge in [-0.15, -0.1) is 0 Å². The number of fused-ring (bicyclic) bond motifs is 1. The lowest BCUT2D eigenvalue weighted by molar-refractivity contribution is -0.385. The first-order valence-corrected chi connectivity index (χ1v) is 12.0. The molecule has 0 bridgehead atoms. The minimum atomic E-state index is -3.55. The summed E-state index contributed by atoms with van der Waals surface area (Å²) in [6, 6.07) is 11.5. The minimum absolute atomic E-state index is 0.0316. The third kappa shape index (κ3) is 6.49. The number of benzene rings is 2. The summed E-state index contributed by atoms with van der Waals surface area (Å²) in [7, 11) is -3.55. The van der Waals surface area contributed by atoms with Gasteiger partial charge in [0.2, 0.25) is 10.0 Å². The van der Waals surface area contributed by atoms with Crippen LogP contribution in [0.2, 0.25) is 0 Å². The third-order valence-electron chi connectivity index (χ3n) is 5.19. The van der Waals surface area contributed by atoms with Crippen LogP contribution in [-0.4, -0.2) is 44.0 Å². The number of nitrogens with zero attached hydrogens (tertiary/aromatic N) is 2. The summed E-state index contributed by atoms with van der Waals surface area (Å²) in [5.41, 5.74) is 2.30. The molecule has 0 saturated heterocycles. The van der Waals surface area contributed by atoms with Gasteiger partial charge in [-0.05, 0) is 75.0 Å². The fourth-order valence-corrected chi connectivity index (χ4v) is 4.70. The van der Waals surface area contributed by atoms with E-state index in [0.717, 1.165) is 31.5 Å². The lowest BCUT2D eigenvalue weighted by atomic mass is 9.99. The summed E-state index contributed by atoms with van der Waals surface area (Å²) in [4.78, 5) is 13.1. The first kappa shape index (κ1) is 23.2. The Labute approximate surface area is 183 Å². The van der Waals surface area contributed by atoms with Crippen LogP contribution in [0.3, 0.4) is 0 Å². The molecule has 2 aromatic rings. The standard InChI is InChI=1S/C22H29N3O5S/c1-17(2)30-21-7-9-22(10-8-21)31(28,29)23-12-3-4-13-24-14-11-18-5-6-20(25(26)27)15-19(18)16-24/h5-10,15,17,23H,3-4,11-14,16H2,1-2H3. The Morgan fingerprint density at radius 2 is 1.87 bits per heavy atom. The number of nitro benzene ring substituents is 1. The highest BCUT2D eigenvalue weighted by Gasteiger charge is 2.19. The van der Waals surface area contributed by atoms with Crippen molar-refractivity contribution in [3.8, 4) is 5.75 Å². The van der Waals surface area contributed by atoms with Crippen LogP contribution >= 0.6 is 0 Å². The fourth-order valence-electron chi connectivity index (χ4n) is 3.63. The summed E-state index contributed by atoms with van der Waals surface area (Å²) in [5.74, 6) is 0.641. The molecule has 8 nitrogen and oxygen atoms in total. The Kier molecular flexibility index (Phi) is 7.64. The van der Waals surface area contributed by atoms with Crippen molar-refractivity contribution in [3.05, 3.63) is 63.7 Å². The topological polar surface area (TPSA) is 102 Å². The maximum Gasteiger partial charge on any atom is 0.269 e. The lowest BCUT2D eigenvalue weighted by Gasteiger charge is -2.28. The molecule has 0 aromatic heterocycles. The van der Waals surface area contributed by atoms with Gasteiger partial charge in [0.25, 0.3) is 5.69 Å². The number of hydrogen-bond donors (Lipinski definition) is 1. The highest BCUT2D eigenvalue weighted by molar-refractivity contribution is 7.89. The largest absolute Gasteiger partial charge is 0.491 e. The maximum absolute atomic E-state index is 12.4. The zero-order valence-corrected chi connectivity index (χ0v) is 18.7. The van der Waals surface area contributed by atoms with Crippen molar-refractivity contribution in [1.82, 2.24) is 9.62 Å². The van der Waals surface area contributed by atoms with Gasteiger partial charge in [-0.25, -0.2) is 13.1 Å². The van der Waals surface area contributed by atoms with Crippen molar-refractivity contribution >= 4 is 15.7 Å². The fraction of sp³-hybridized carbons (Fsp3) is 0.455. The predicted molar refractivity (Wildman–Crippen MR) is 119 cm³/mol. The van der Waals surface area contributed by atoms with Crippen molar-refractivity contribution in [2.24, 2.45) is 0 Å². The van der Waals surface area contributed by atoms with Crippen molar-refractivity contribution in [2.45, 2.75) is 50.7 Å². The molecule has 1 N–H and O–H groups in total. The Balaban J connectivity index is 1.43. The van der Waals surface area contributed by atoms with E-state index in [1.54, 1.807) is 36.4 Å². The molecule has 3 rings (SSSR count). The zero-order valence-electron chi connectivity index (χ0n) is 17.9. The van der Waals surface area contributed by atoms with E-state index < -0.39 is 10.0 Å². The molecular formula is C22H29N3O5S. The molecule has 0 unspecified atom stereocenters. The van der Waals surface area contributed by atoms with Gasteiger partial charge < -0.3 is 4.74 Å². The van der Waals surface area contributed by atoms with E-state index in [2.05, 4.69) is 9.62 Å². The van der Waals surface area contributed by atoms with E-state index in [-0.39, 0.29) is 21.6 Å². The molecule has 168 valence electrons. The summed E-state index contributed by atoms with van der Waals surface area (Å²) >= 11 is 0. The van der Waals surface area contributed by atoms with Crippen LogP contribution < -0.4 is 9.46 Å². The summed E-state index contributed by atoms with van der Waals surface area (Å²) in [6.45, 7) is 6.61. The molecule has 1 heterocycles.